The lowest BCUT2D eigenvalue weighted by Crippen LogP contribution is -2.14. The quantitative estimate of drug-likeness (QED) is 0.605. The second-order valence-corrected chi connectivity index (χ2v) is 6.36. The van der Waals surface area contributed by atoms with Gasteiger partial charge in [-0.15, -0.1) is 0 Å². The zero-order valence-electron chi connectivity index (χ0n) is 15.5. The molecule has 0 fully saturated rings. The minimum Gasteiger partial charge on any atom is -0.495 e. The molecule has 0 atom stereocenters. The van der Waals surface area contributed by atoms with Crippen molar-refractivity contribution in [1.29, 1.82) is 0 Å². The predicted molar refractivity (Wildman–Crippen MR) is 111 cm³/mol. The zero-order valence-corrected chi connectivity index (χ0v) is 16.3. The van der Waals surface area contributed by atoms with Crippen LogP contribution >= 0.6 is 11.6 Å². The van der Waals surface area contributed by atoms with Crippen LogP contribution < -0.4 is 20.1 Å². The standard InChI is InChI=1S/C21H20ClN3O3/c1-27-18-12-17(19(28-2)11-16(18)22)25-20-9-8-15(13-23-20)24-21(26)10-14-6-4-3-5-7-14/h3-9,11-13H,10H2,1-2H3,(H,23,25)(H,24,26). The van der Waals surface area contributed by atoms with E-state index in [0.29, 0.717) is 40.1 Å². The van der Waals surface area contributed by atoms with E-state index >= 15 is 0 Å². The van der Waals surface area contributed by atoms with Crippen molar-refractivity contribution in [1.82, 2.24) is 4.98 Å². The molecule has 0 spiro atoms. The average Bonchev–Trinajstić information content (AvgIpc) is 2.71. The summed E-state index contributed by atoms with van der Waals surface area (Å²) in [5, 5.41) is 6.45. The highest BCUT2D eigenvalue weighted by Gasteiger charge is 2.11. The van der Waals surface area contributed by atoms with Crippen LogP contribution in [0.4, 0.5) is 17.2 Å². The van der Waals surface area contributed by atoms with Crippen LogP contribution in [0.1, 0.15) is 5.56 Å². The molecule has 0 radical (unpaired) electrons. The van der Waals surface area contributed by atoms with Gasteiger partial charge < -0.3 is 20.1 Å². The molecule has 1 heterocycles. The Morgan fingerprint density at radius 1 is 1.04 bits per heavy atom. The summed E-state index contributed by atoms with van der Waals surface area (Å²) in [5.41, 5.74) is 2.24. The van der Waals surface area contributed by atoms with Gasteiger partial charge in [-0.3, -0.25) is 4.79 Å². The van der Waals surface area contributed by atoms with Crippen LogP contribution in [0.15, 0.2) is 60.8 Å². The first-order chi connectivity index (χ1) is 13.6. The number of hydrogen-bond acceptors (Lipinski definition) is 5. The Kier molecular flexibility index (Phi) is 6.34. The van der Waals surface area contributed by atoms with Crippen molar-refractivity contribution < 1.29 is 14.3 Å². The normalized spacial score (nSPS) is 10.2. The highest BCUT2D eigenvalue weighted by atomic mass is 35.5. The summed E-state index contributed by atoms with van der Waals surface area (Å²) in [5.74, 6) is 1.57. The van der Waals surface area contributed by atoms with Gasteiger partial charge in [0, 0.05) is 12.1 Å². The molecular weight excluding hydrogens is 378 g/mol. The molecule has 2 aromatic carbocycles. The molecule has 6 nitrogen and oxygen atoms in total. The monoisotopic (exact) mass is 397 g/mol. The van der Waals surface area contributed by atoms with Crippen molar-refractivity contribution in [2.45, 2.75) is 6.42 Å². The highest BCUT2D eigenvalue weighted by molar-refractivity contribution is 6.32. The number of pyridine rings is 1. The number of nitrogens with one attached hydrogen (secondary N) is 2. The van der Waals surface area contributed by atoms with Gasteiger partial charge in [-0.05, 0) is 17.7 Å². The topological polar surface area (TPSA) is 72.5 Å². The number of amides is 1. The third kappa shape index (κ3) is 4.92. The molecular formula is C21H20ClN3O3. The van der Waals surface area contributed by atoms with E-state index in [1.807, 2.05) is 30.3 Å². The first kappa shape index (κ1) is 19.5. The fourth-order valence-corrected chi connectivity index (χ4v) is 2.86. The average molecular weight is 398 g/mol. The van der Waals surface area contributed by atoms with Gasteiger partial charge in [0.05, 0.1) is 43.2 Å². The molecule has 3 aromatic rings. The minimum atomic E-state index is -0.0992. The van der Waals surface area contributed by atoms with Crippen LogP contribution in [0.5, 0.6) is 11.5 Å². The Morgan fingerprint density at radius 2 is 1.79 bits per heavy atom. The minimum absolute atomic E-state index is 0.0992. The lowest BCUT2D eigenvalue weighted by Gasteiger charge is -2.14. The van der Waals surface area contributed by atoms with Crippen molar-refractivity contribution in [2.75, 3.05) is 24.9 Å². The van der Waals surface area contributed by atoms with Crippen molar-refractivity contribution >= 4 is 34.7 Å². The van der Waals surface area contributed by atoms with E-state index in [4.69, 9.17) is 21.1 Å². The predicted octanol–water partition coefficient (Wildman–Crippen LogP) is 4.68. The van der Waals surface area contributed by atoms with Crippen LogP contribution in [-0.2, 0) is 11.2 Å². The summed E-state index contributed by atoms with van der Waals surface area (Å²) in [7, 11) is 3.10. The van der Waals surface area contributed by atoms with Gasteiger partial charge in [-0.25, -0.2) is 4.98 Å². The maximum Gasteiger partial charge on any atom is 0.228 e. The number of nitrogens with zero attached hydrogens (tertiary/aromatic N) is 1. The first-order valence-corrected chi connectivity index (χ1v) is 8.95. The number of anilines is 3. The van der Waals surface area contributed by atoms with Crippen LogP contribution in [0, 0.1) is 0 Å². The number of rotatable bonds is 7. The van der Waals surface area contributed by atoms with Crippen molar-refractivity contribution in [3.63, 3.8) is 0 Å². The van der Waals surface area contributed by atoms with Crippen molar-refractivity contribution in [2.24, 2.45) is 0 Å². The summed E-state index contributed by atoms with van der Waals surface area (Å²) in [4.78, 5) is 16.5. The molecule has 0 aliphatic carbocycles. The first-order valence-electron chi connectivity index (χ1n) is 8.57. The molecule has 0 saturated heterocycles. The SMILES string of the molecule is COc1cc(Nc2ccc(NC(=O)Cc3ccccc3)cn2)c(OC)cc1Cl. The summed E-state index contributed by atoms with van der Waals surface area (Å²) in [6, 6.07) is 16.5. The Morgan fingerprint density at radius 3 is 2.43 bits per heavy atom. The summed E-state index contributed by atoms with van der Waals surface area (Å²) in [6.07, 6.45) is 1.90. The smallest absolute Gasteiger partial charge is 0.228 e. The summed E-state index contributed by atoms with van der Waals surface area (Å²) < 4.78 is 10.6. The lowest BCUT2D eigenvalue weighted by molar-refractivity contribution is -0.115. The number of carbonyl (C=O) groups excluding carboxylic acids is 1. The number of hydrogen-bond donors (Lipinski definition) is 2. The molecule has 28 heavy (non-hydrogen) atoms. The van der Waals surface area contributed by atoms with Gasteiger partial charge in [-0.2, -0.15) is 0 Å². The van der Waals surface area contributed by atoms with E-state index in [1.165, 1.54) is 0 Å². The van der Waals surface area contributed by atoms with Gasteiger partial charge in [-0.1, -0.05) is 41.9 Å². The second kappa shape index (κ2) is 9.10. The fraction of sp³-hybridized carbons (Fsp3) is 0.143. The Bertz CT molecular complexity index is 947. The number of aromatic nitrogens is 1. The van der Waals surface area contributed by atoms with Gasteiger partial charge in [0.15, 0.2) is 0 Å². The molecule has 0 aliphatic heterocycles. The molecule has 0 unspecified atom stereocenters. The number of methoxy groups -OCH3 is 2. The lowest BCUT2D eigenvalue weighted by atomic mass is 10.1. The number of halogens is 1. The van der Waals surface area contributed by atoms with E-state index in [0.717, 1.165) is 5.56 Å². The number of ether oxygens (including phenoxy) is 2. The molecule has 144 valence electrons. The van der Waals surface area contributed by atoms with Crippen LogP contribution in [0.2, 0.25) is 5.02 Å². The fourth-order valence-electron chi connectivity index (χ4n) is 2.62. The molecule has 7 heteroatoms. The molecule has 2 N–H and O–H groups in total. The number of benzene rings is 2. The van der Waals surface area contributed by atoms with E-state index in [2.05, 4.69) is 15.6 Å². The van der Waals surface area contributed by atoms with Gasteiger partial charge in [0.25, 0.3) is 0 Å². The molecule has 1 amide bonds. The van der Waals surface area contributed by atoms with Gasteiger partial charge in [0.1, 0.15) is 17.3 Å². The molecule has 3 rings (SSSR count). The summed E-state index contributed by atoms with van der Waals surface area (Å²) >= 11 is 6.12. The van der Waals surface area contributed by atoms with E-state index in [1.54, 1.807) is 44.7 Å². The van der Waals surface area contributed by atoms with E-state index in [9.17, 15) is 4.79 Å². The maximum absolute atomic E-state index is 12.1. The maximum atomic E-state index is 12.1. The third-order valence-corrected chi connectivity index (χ3v) is 4.29. The second-order valence-electron chi connectivity index (χ2n) is 5.95. The van der Waals surface area contributed by atoms with E-state index < -0.39 is 0 Å². The third-order valence-electron chi connectivity index (χ3n) is 3.99. The van der Waals surface area contributed by atoms with Crippen molar-refractivity contribution in [3.05, 3.63) is 71.4 Å². The molecule has 1 aromatic heterocycles. The van der Waals surface area contributed by atoms with Crippen molar-refractivity contribution in [3.8, 4) is 11.5 Å². The molecule has 0 bridgehead atoms. The Labute approximate surface area is 168 Å². The van der Waals surface area contributed by atoms with Crippen LogP contribution in [-0.4, -0.2) is 25.1 Å². The van der Waals surface area contributed by atoms with Gasteiger partial charge in [0.2, 0.25) is 5.91 Å². The number of carbonyl (C=O) groups is 1. The summed E-state index contributed by atoms with van der Waals surface area (Å²) in [6.45, 7) is 0. The van der Waals surface area contributed by atoms with E-state index in [-0.39, 0.29) is 5.91 Å². The van der Waals surface area contributed by atoms with Gasteiger partial charge >= 0.3 is 0 Å². The largest absolute Gasteiger partial charge is 0.495 e. The molecule has 0 saturated carbocycles. The Hall–Kier alpha value is -3.25. The van der Waals surface area contributed by atoms with Crippen LogP contribution in [0.25, 0.3) is 0 Å². The molecule has 0 aliphatic rings. The highest BCUT2D eigenvalue weighted by Crippen LogP contribution is 2.37. The zero-order chi connectivity index (χ0) is 19.9. The van der Waals surface area contributed by atoms with Crippen LogP contribution in [0.3, 0.4) is 0 Å². The Balaban J connectivity index is 1.67.